The summed E-state index contributed by atoms with van der Waals surface area (Å²) in [6, 6.07) is 0. The first-order valence-corrected chi connectivity index (χ1v) is 5.57. The van der Waals surface area contributed by atoms with Crippen molar-refractivity contribution in [2.45, 2.75) is 19.0 Å². The fourth-order valence-corrected chi connectivity index (χ4v) is 1.94. The molecule has 0 N–H and O–H groups in total. The molecule has 19 heavy (non-hydrogen) atoms. The largest absolute Gasteiger partial charge is 0.469 e. The van der Waals surface area contributed by atoms with Crippen LogP contribution in [0.1, 0.15) is 23.2 Å². The molecule has 0 aliphatic heterocycles. The van der Waals surface area contributed by atoms with Crippen molar-refractivity contribution in [3.05, 3.63) is 27.5 Å². The fraction of sp³-hybridized carbons (Fsp3) is 0.400. The van der Waals surface area contributed by atoms with E-state index in [1.807, 2.05) is 0 Å². The zero-order chi connectivity index (χ0) is 14.8. The monoisotopic (exact) mass is 347 g/mol. The van der Waals surface area contributed by atoms with E-state index in [9.17, 15) is 26.7 Å². The van der Waals surface area contributed by atoms with E-state index < -0.39 is 40.6 Å². The van der Waals surface area contributed by atoms with Crippen LogP contribution in [0.3, 0.4) is 0 Å². The number of halogens is 6. The van der Waals surface area contributed by atoms with Crippen LogP contribution in [0.2, 0.25) is 0 Å². The molecule has 9 heteroatoms. The molecule has 1 aromatic rings. The smallest absolute Gasteiger partial charge is 0.418 e. The second-order valence-electron chi connectivity index (χ2n) is 3.40. The lowest BCUT2D eigenvalue weighted by atomic mass is 10.1. The van der Waals surface area contributed by atoms with E-state index in [2.05, 4.69) is 25.7 Å². The summed E-state index contributed by atoms with van der Waals surface area (Å²) in [6.07, 6.45) is -8.53. The van der Waals surface area contributed by atoms with Gasteiger partial charge in [0.05, 0.1) is 24.8 Å². The highest BCUT2D eigenvalue weighted by molar-refractivity contribution is 9.10. The van der Waals surface area contributed by atoms with Gasteiger partial charge in [0, 0.05) is 16.2 Å². The quantitative estimate of drug-likeness (QED) is 0.620. The van der Waals surface area contributed by atoms with Crippen molar-refractivity contribution >= 4 is 21.9 Å². The van der Waals surface area contributed by atoms with E-state index in [0.29, 0.717) is 0 Å². The SMILES string of the molecule is COC(=O)Cc1ncc(C(F)(F)F)c(C(F)F)c1Br. The summed E-state index contributed by atoms with van der Waals surface area (Å²) in [5.74, 6) is -0.798. The molecule has 0 saturated carbocycles. The molecule has 0 spiro atoms. The van der Waals surface area contributed by atoms with Crippen LogP contribution >= 0.6 is 15.9 Å². The molecular formula is C10H7BrF5NO2. The lowest BCUT2D eigenvalue weighted by Crippen LogP contribution is -2.14. The zero-order valence-corrected chi connectivity index (χ0v) is 11.0. The lowest BCUT2D eigenvalue weighted by molar-refractivity contribution is -0.140. The Morgan fingerprint density at radius 2 is 2.05 bits per heavy atom. The Bertz CT molecular complexity index is 490. The second kappa shape index (κ2) is 5.81. The van der Waals surface area contributed by atoms with Crippen LogP contribution in [0.25, 0.3) is 0 Å². The van der Waals surface area contributed by atoms with Gasteiger partial charge in [0.2, 0.25) is 0 Å². The summed E-state index contributed by atoms with van der Waals surface area (Å²) < 4.78 is 66.9. The summed E-state index contributed by atoms with van der Waals surface area (Å²) in [5.41, 5.74) is -3.01. The minimum atomic E-state index is -4.95. The first-order valence-electron chi connectivity index (χ1n) is 4.78. The predicted molar refractivity (Wildman–Crippen MR) is 57.6 cm³/mol. The summed E-state index contributed by atoms with van der Waals surface area (Å²) >= 11 is 2.63. The van der Waals surface area contributed by atoms with Gasteiger partial charge in [-0.25, -0.2) is 8.78 Å². The number of pyridine rings is 1. The number of carbonyl (C=O) groups is 1. The fourth-order valence-electron chi connectivity index (χ4n) is 1.31. The number of esters is 1. The Balaban J connectivity index is 3.35. The van der Waals surface area contributed by atoms with E-state index in [-0.39, 0.29) is 11.9 Å². The molecule has 3 nitrogen and oxygen atoms in total. The van der Waals surface area contributed by atoms with Gasteiger partial charge in [-0.05, 0) is 15.9 Å². The van der Waals surface area contributed by atoms with Crippen LogP contribution < -0.4 is 0 Å². The van der Waals surface area contributed by atoms with E-state index in [4.69, 9.17) is 0 Å². The van der Waals surface area contributed by atoms with Crippen LogP contribution in [0, 0.1) is 0 Å². The maximum atomic E-state index is 12.7. The van der Waals surface area contributed by atoms with Crippen LogP contribution in [0.15, 0.2) is 10.7 Å². The van der Waals surface area contributed by atoms with E-state index in [1.54, 1.807) is 0 Å². The third kappa shape index (κ3) is 3.62. The van der Waals surface area contributed by atoms with Crippen molar-refractivity contribution in [3.63, 3.8) is 0 Å². The normalized spacial score (nSPS) is 11.8. The van der Waals surface area contributed by atoms with Crippen molar-refractivity contribution in [1.29, 1.82) is 0 Å². The molecule has 0 aliphatic carbocycles. The van der Waals surface area contributed by atoms with Crippen molar-refractivity contribution in [2.24, 2.45) is 0 Å². The number of ether oxygens (including phenoxy) is 1. The van der Waals surface area contributed by atoms with Gasteiger partial charge in [-0.15, -0.1) is 0 Å². The molecule has 0 saturated heterocycles. The van der Waals surface area contributed by atoms with E-state index in [1.165, 1.54) is 0 Å². The molecule has 0 bridgehead atoms. The number of carbonyl (C=O) groups excluding carboxylic acids is 1. The Morgan fingerprint density at radius 3 is 2.47 bits per heavy atom. The highest BCUT2D eigenvalue weighted by atomic mass is 79.9. The van der Waals surface area contributed by atoms with Gasteiger partial charge in [-0.1, -0.05) is 0 Å². The van der Waals surface area contributed by atoms with Gasteiger partial charge in [-0.2, -0.15) is 13.2 Å². The maximum absolute atomic E-state index is 12.7. The number of alkyl halides is 5. The molecule has 0 radical (unpaired) electrons. The number of methoxy groups -OCH3 is 1. The average Bonchev–Trinajstić information content (AvgIpc) is 2.29. The van der Waals surface area contributed by atoms with Gasteiger partial charge in [-0.3, -0.25) is 9.78 Å². The first kappa shape index (κ1) is 15.8. The van der Waals surface area contributed by atoms with Gasteiger partial charge in [0.15, 0.2) is 0 Å². The van der Waals surface area contributed by atoms with Crippen molar-refractivity contribution in [1.82, 2.24) is 4.98 Å². The third-order valence-electron chi connectivity index (χ3n) is 2.19. The maximum Gasteiger partial charge on any atom is 0.418 e. The Hall–Kier alpha value is -1.25. The molecule has 106 valence electrons. The van der Waals surface area contributed by atoms with Crippen LogP contribution in [0.5, 0.6) is 0 Å². The van der Waals surface area contributed by atoms with Crippen molar-refractivity contribution in [2.75, 3.05) is 7.11 Å². The highest BCUT2D eigenvalue weighted by Gasteiger charge is 2.38. The lowest BCUT2D eigenvalue weighted by Gasteiger charge is -2.15. The van der Waals surface area contributed by atoms with Crippen LogP contribution in [0.4, 0.5) is 22.0 Å². The van der Waals surface area contributed by atoms with Crippen LogP contribution in [-0.2, 0) is 22.1 Å². The Labute approximate surface area is 112 Å². The van der Waals surface area contributed by atoms with Gasteiger partial charge >= 0.3 is 12.1 Å². The number of aromatic nitrogens is 1. The molecule has 0 unspecified atom stereocenters. The van der Waals surface area contributed by atoms with Crippen molar-refractivity contribution in [3.8, 4) is 0 Å². The molecule has 0 aromatic carbocycles. The van der Waals surface area contributed by atoms with Gasteiger partial charge in [0.25, 0.3) is 6.43 Å². The minimum Gasteiger partial charge on any atom is -0.469 e. The standard InChI is InChI=1S/C10H7BrF5NO2/c1-19-6(18)2-5-8(11)7(9(12)13)4(3-17-5)10(14,15)16/h3,9H,2H2,1H3. The summed E-state index contributed by atoms with van der Waals surface area (Å²) in [4.78, 5) is 14.4. The van der Waals surface area contributed by atoms with Gasteiger partial charge < -0.3 is 4.74 Å². The molecule has 0 amide bonds. The molecule has 0 aliphatic rings. The van der Waals surface area contributed by atoms with E-state index >= 15 is 0 Å². The number of rotatable bonds is 3. The predicted octanol–water partition coefficient (Wildman–Crippen LogP) is 3.52. The van der Waals surface area contributed by atoms with E-state index in [0.717, 1.165) is 7.11 Å². The summed E-state index contributed by atoms with van der Waals surface area (Å²) in [6.45, 7) is 0. The highest BCUT2D eigenvalue weighted by Crippen LogP contribution is 2.40. The average molecular weight is 348 g/mol. The number of hydrogen-bond donors (Lipinski definition) is 0. The topological polar surface area (TPSA) is 39.2 Å². The molecular weight excluding hydrogens is 341 g/mol. The van der Waals surface area contributed by atoms with Gasteiger partial charge in [0.1, 0.15) is 0 Å². The number of hydrogen-bond acceptors (Lipinski definition) is 3. The molecule has 1 aromatic heterocycles. The molecule has 1 rings (SSSR count). The minimum absolute atomic E-state index is 0.241. The molecule has 0 fully saturated rings. The first-order chi connectivity index (χ1) is 8.68. The third-order valence-corrected chi connectivity index (χ3v) is 3.08. The second-order valence-corrected chi connectivity index (χ2v) is 4.19. The zero-order valence-electron chi connectivity index (χ0n) is 9.39. The van der Waals surface area contributed by atoms with Crippen LogP contribution in [-0.4, -0.2) is 18.1 Å². The Morgan fingerprint density at radius 1 is 1.47 bits per heavy atom. The molecule has 1 heterocycles. The Kier molecular flexibility index (Phi) is 4.83. The van der Waals surface area contributed by atoms with Crippen molar-refractivity contribution < 1.29 is 31.5 Å². The molecule has 0 atom stereocenters. The summed E-state index contributed by atoms with van der Waals surface area (Å²) in [5, 5.41) is 0. The summed E-state index contributed by atoms with van der Waals surface area (Å²) in [7, 11) is 1.06. The number of nitrogens with zero attached hydrogens (tertiary/aromatic N) is 1.